The largest absolute Gasteiger partial charge is 0.378 e. The van der Waals surface area contributed by atoms with Crippen molar-refractivity contribution in [2.24, 2.45) is 0 Å². The Hall–Kier alpha value is -2.00. The number of nitrogens with zero attached hydrogens (tertiary/aromatic N) is 4. The van der Waals surface area contributed by atoms with Gasteiger partial charge in [-0.3, -0.25) is 0 Å². The molecule has 138 valence electrons. The van der Waals surface area contributed by atoms with Gasteiger partial charge in [0, 0.05) is 11.3 Å². The zero-order valence-electron chi connectivity index (χ0n) is 13.2. The summed E-state index contributed by atoms with van der Waals surface area (Å²) >= 11 is 19.0. The molecule has 2 aromatic heterocycles. The Morgan fingerprint density at radius 1 is 0.963 bits per heavy atom. The molecular formula is C16H8Cl3F2N5S. The van der Waals surface area contributed by atoms with Gasteiger partial charge in [0.1, 0.15) is 16.6 Å². The van der Waals surface area contributed by atoms with E-state index in [9.17, 15) is 8.78 Å². The van der Waals surface area contributed by atoms with E-state index in [-0.39, 0.29) is 15.1 Å². The van der Waals surface area contributed by atoms with Crippen LogP contribution < -0.4 is 5.32 Å². The fourth-order valence-corrected chi connectivity index (χ4v) is 3.79. The first-order chi connectivity index (χ1) is 12.9. The minimum absolute atomic E-state index is 0.0276. The van der Waals surface area contributed by atoms with Gasteiger partial charge < -0.3 is 5.32 Å². The van der Waals surface area contributed by atoms with Crippen molar-refractivity contribution in [1.82, 2.24) is 19.8 Å². The van der Waals surface area contributed by atoms with Gasteiger partial charge >= 0.3 is 0 Å². The molecule has 0 atom stereocenters. The van der Waals surface area contributed by atoms with Crippen LogP contribution in [0.25, 0.3) is 16.3 Å². The molecule has 0 unspecified atom stereocenters. The summed E-state index contributed by atoms with van der Waals surface area (Å²) < 4.78 is 28.5. The Morgan fingerprint density at radius 3 is 2.52 bits per heavy atom. The first-order valence-corrected chi connectivity index (χ1v) is 9.42. The van der Waals surface area contributed by atoms with E-state index >= 15 is 0 Å². The molecule has 0 aliphatic heterocycles. The van der Waals surface area contributed by atoms with Gasteiger partial charge in [-0.25, -0.2) is 8.78 Å². The number of aromatic nitrogens is 4. The average molecular weight is 447 g/mol. The van der Waals surface area contributed by atoms with E-state index in [0.29, 0.717) is 33.6 Å². The van der Waals surface area contributed by atoms with Crippen molar-refractivity contribution >= 4 is 56.8 Å². The van der Waals surface area contributed by atoms with E-state index in [1.165, 1.54) is 40.1 Å². The smallest absolute Gasteiger partial charge is 0.235 e. The molecule has 0 spiro atoms. The van der Waals surface area contributed by atoms with Crippen molar-refractivity contribution in [3.05, 3.63) is 62.0 Å². The highest BCUT2D eigenvalue weighted by Gasteiger charge is 2.18. The molecule has 4 rings (SSSR count). The van der Waals surface area contributed by atoms with Crippen LogP contribution in [-0.4, -0.2) is 19.8 Å². The lowest BCUT2D eigenvalue weighted by molar-refractivity contribution is 0.628. The lowest BCUT2D eigenvalue weighted by atomic mass is 10.2. The summed E-state index contributed by atoms with van der Waals surface area (Å²) in [5.41, 5.74) is 0.983. The minimum Gasteiger partial charge on any atom is -0.378 e. The summed E-state index contributed by atoms with van der Waals surface area (Å²) in [7, 11) is 0. The van der Waals surface area contributed by atoms with Crippen molar-refractivity contribution < 1.29 is 8.78 Å². The second-order valence-corrected chi connectivity index (χ2v) is 7.70. The second-order valence-electron chi connectivity index (χ2n) is 5.44. The zero-order valence-corrected chi connectivity index (χ0v) is 16.3. The molecule has 2 aromatic carbocycles. The third-order valence-corrected chi connectivity index (χ3v) is 5.44. The van der Waals surface area contributed by atoms with Crippen LogP contribution in [0.15, 0.2) is 30.3 Å². The highest BCUT2D eigenvalue weighted by molar-refractivity contribution is 7.16. The van der Waals surface area contributed by atoms with Crippen LogP contribution in [0.3, 0.4) is 0 Å². The first kappa shape index (κ1) is 18.4. The van der Waals surface area contributed by atoms with E-state index in [2.05, 4.69) is 20.6 Å². The van der Waals surface area contributed by atoms with Crippen molar-refractivity contribution in [1.29, 1.82) is 0 Å². The number of hydrogen-bond acceptors (Lipinski definition) is 5. The lowest BCUT2D eigenvalue weighted by Gasteiger charge is -2.05. The standard InChI is InChI=1S/C16H8Cl3F2N5S/c17-9-5-11(19)13(21)4-8(9)15-23-24-16-26(15)25-14(27-16)6-22-7-1-2-12(20)10(18)3-7/h1-5,22H,6H2. The molecule has 0 fully saturated rings. The maximum Gasteiger partial charge on any atom is 0.235 e. The fraction of sp³-hybridized carbons (Fsp3) is 0.0625. The summed E-state index contributed by atoms with van der Waals surface area (Å²) in [5, 5.41) is 16.5. The number of hydrogen-bond donors (Lipinski definition) is 1. The van der Waals surface area contributed by atoms with E-state index < -0.39 is 11.6 Å². The summed E-state index contributed by atoms with van der Waals surface area (Å²) in [6.45, 7) is 0.359. The van der Waals surface area contributed by atoms with Crippen molar-refractivity contribution in [3.63, 3.8) is 0 Å². The first-order valence-electron chi connectivity index (χ1n) is 7.47. The monoisotopic (exact) mass is 445 g/mol. The van der Waals surface area contributed by atoms with Gasteiger partial charge in [0.2, 0.25) is 4.96 Å². The predicted molar refractivity (Wildman–Crippen MR) is 103 cm³/mol. The molecule has 2 heterocycles. The van der Waals surface area contributed by atoms with Crippen LogP contribution in [0.5, 0.6) is 0 Å². The zero-order chi connectivity index (χ0) is 19.1. The van der Waals surface area contributed by atoms with Gasteiger partial charge in [-0.05, 0) is 30.3 Å². The summed E-state index contributed by atoms with van der Waals surface area (Å²) in [5.74, 6) is -0.797. The maximum absolute atomic E-state index is 13.8. The second kappa shape index (κ2) is 7.20. The fourth-order valence-electron chi connectivity index (χ4n) is 2.37. The number of halogens is 5. The molecule has 0 aliphatic rings. The van der Waals surface area contributed by atoms with Gasteiger partial charge in [0.05, 0.1) is 21.6 Å². The molecule has 27 heavy (non-hydrogen) atoms. The molecule has 1 N–H and O–H groups in total. The third-order valence-electron chi connectivity index (χ3n) is 3.65. The van der Waals surface area contributed by atoms with E-state index in [4.69, 9.17) is 34.8 Å². The van der Waals surface area contributed by atoms with Crippen LogP contribution >= 0.6 is 46.1 Å². The molecule has 0 saturated carbocycles. The number of fused-ring (bicyclic) bond motifs is 1. The SMILES string of the molecule is Fc1ccc(NCc2nn3c(-c4cc(F)c(Cl)cc4Cl)nnc3s2)cc1Cl. The van der Waals surface area contributed by atoms with Crippen molar-refractivity contribution in [2.75, 3.05) is 5.32 Å². The van der Waals surface area contributed by atoms with Gasteiger partial charge in [-0.2, -0.15) is 9.61 Å². The predicted octanol–water partition coefficient (Wildman–Crippen LogP) is 5.70. The van der Waals surface area contributed by atoms with Crippen LogP contribution in [0.4, 0.5) is 14.5 Å². The molecule has 0 amide bonds. The van der Waals surface area contributed by atoms with Crippen molar-refractivity contribution in [3.8, 4) is 11.4 Å². The Labute approximate surface area is 170 Å². The van der Waals surface area contributed by atoms with Gasteiger partial charge in [-0.15, -0.1) is 10.2 Å². The Morgan fingerprint density at radius 2 is 1.74 bits per heavy atom. The molecule has 0 radical (unpaired) electrons. The van der Waals surface area contributed by atoms with Crippen LogP contribution in [0.2, 0.25) is 15.1 Å². The van der Waals surface area contributed by atoms with E-state index in [1.807, 2.05) is 0 Å². The Kier molecular flexibility index (Phi) is 4.90. The minimum atomic E-state index is -0.613. The Balaban J connectivity index is 1.62. The summed E-state index contributed by atoms with van der Waals surface area (Å²) in [4.78, 5) is 0.519. The van der Waals surface area contributed by atoms with Crippen molar-refractivity contribution in [2.45, 2.75) is 6.54 Å². The third kappa shape index (κ3) is 3.58. The lowest BCUT2D eigenvalue weighted by Crippen LogP contribution is -2.01. The van der Waals surface area contributed by atoms with Crippen LogP contribution in [0, 0.1) is 11.6 Å². The van der Waals surface area contributed by atoms with Crippen LogP contribution in [0.1, 0.15) is 5.01 Å². The molecule has 0 aliphatic carbocycles. The number of benzene rings is 2. The van der Waals surface area contributed by atoms with Gasteiger partial charge in [-0.1, -0.05) is 46.1 Å². The van der Waals surface area contributed by atoms with E-state index in [0.717, 1.165) is 0 Å². The quantitative estimate of drug-likeness (QED) is 0.408. The highest BCUT2D eigenvalue weighted by atomic mass is 35.5. The van der Waals surface area contributed by atoms with E-state index in [1.54, 1.807) is 6.07 Å². The normalized spacial score (nSPS) is 11.3. The Bertz CT molecular complexity index is 1160. The summed E-state index contributed by atoms with van der Waals surface area (Å²) in [6.07, 6.45) is 0. The maximum atomic E-state index is 13.8. The number of nitrogens with one attached hydrogen (secondary N) is 1. The van der Waals surface area contributed by atoms with Gasteiger partial charge in [0.15, 0.2) is 5.82 Å². The van der Waals surface area contributed by atoms with Crippen LogP contribution in [-0.2, 0) is 6.54 Å². The molecule has 0 saturated heterocycles. The molecule has 5 nitrogen and oxygen atoms in total. The molecule has 4 aromatic rings. The number of anilines is 1. The number of rotatable bonds is 4. The average Bonchev–Trinajstić information content (AvgIpc) is 3.19. The molecule has 0 bridgehead atoms. The molecule has 11 heteroatoms. The topological polar surface area (TPSA) is 55.1 Å². The highest BCUT2D eigenvalue weighted by Crippen LogP contribution is 2.32. The van der Waals surface area contributed by atoms with Gasteiger partial charge in [0.25, 0.3) is 0 Å². The molecular weight excluding hydrogens is 439 g/mol. The summed E-state index contributed by atoms with van der Waals surface area (Å²) in [6, 6.07) is 6.83.